The maximum atomic E-state index is 10.6. The third-order valence-corrected chi connectivity index (χ3v) is 4.73. The van der Waals surface area contributed by atoms with Crippen LogP contribution in [0.3, 0.4) is 0 Å². The Kier molecular flexibility index (Phi) is 7.88. The smallest absolute Gasteiger partial charge is 0.174 e. The van der Waals surface area contributed by atoms with E-state index in [1.54, 1.807) is 0 Å². The first-order valence-electron chi connectivity index (χ1n) is 10.2. The lowest BCUT2D eigenvalue weighted by atomic mass is 10.1. The van der Waals surface area contributed by atoms with E-state index in [0.717, 1.165) is 12.2 Å². The zero-order valence-corrected chi connectivity index (χ0v) is 17.8. The molecule has 160 valence electrons. The normalized spacial score (nSPS) is 12.3. The van der Waals surface area contributed by atoms with Crippen LogP contribution in [0.2, 0.25) is 0 Å². The fourth-order valence-electron chi connectivity index (χ4n) is 3.11. The fourth-order valence-corrected chi connectivity index (χ4v) is 3.11. The van der Waals surface area contributed by atoms with E-state index in [4.69, 9.17) is 14.0 Å². The van der Waals surface area contributed by atoms with Crippen molar-refractivity contribution < 1.29 is 19.1 Å². The number of hydrogen-bond donors (Lipinski definition) is 1. The van der Waals surface area contributed by atoms with Gasteiger partial charge in [0.05, 0.1) is 5.69 Å². The predicted molar refractivity (Wildman–Crippen MR) is 116 cm³/mol. The van der Waals surface area contributed by atoms with Gasteiger partial charge in [0.25, 0.3) is 0 Å². The van der Waals surface area contributed by atoms with Crippen LogP contribution in [0.5, 0.6) is 11.5 Å². The highest BCUT2D eigenvalue weighted by Gasteiger charge is 2.17. The van der Waals surface area contributed by atoms with Crippen molar-refractivity contribution in [2.75, 3.05) is 13.2 Å². The molecule has 0 bridgehead atoms. The molecule has 0 unspecified atom stereocenters. The average Bonchev–Trinajstić information content (AvgIpc) is 3.16. The van der Waals surface area contributed by atoms with Crippen LogP contribution < -0.4 is 9.47 Å². The van der Waals surface area contributed by atoms with E-state index in [-0.39, 0.29) is 13.2 Å². The van der Waals surface area contributed by atoms with Gasteiger partial charge in [-0.15, -0.1) is 0 Å². The van der Waals surface area contributed by atoms with Crippen LogP contribution in [0.4, 0.5) is 0 Å². The van der Waals surface area contributed by atoms with E-state index in [9.17, 15) is 5.11 Å². The zero-order valence-electron chi connectivity index (χ0n) is 17.8. The van der Waals surface area contributed by atoms with Crippen LogP contribution in [0, 0.1) is 6.92 Å². The van der Waals surface area contributed by atoms with Crippen molar-refractivity contribution in [2.45, 2.75) is 46.1 Å². The number of nitrogens with zero attached hydrogens (tertiary/aromatic N) is 2. The van der Waals surface area contributed by atoms with Gasteiger partial charge in [0, 0.05) is 25.2 Å². The van der Waals surface area contributed by atoms with Crippen molar-refractivity contribution in [3.63, 3.8) is 0 Å². The molecular weight excluding hydrogens is 380 g/mol. The minimum atomic E-state index is -0.624. The van der Waals surface area contributed by atoms with Crippen molar-refractivity contribution >= 4 is 0 Å². The summed E-state index contributed by atoms with van der Waals surface area (Å²) in [6.45, 7) is 7.87. The van der Waals surface area contributed by atoms with Gasteiger partial charge in [0.2, 0.25) is 0 Å². The molecule has 1 atom stereocenters. The van der Waals surface area contributed by atoms with Gasteiger partial charge >= 0.3 is 0 Å². The topological polar surface area (TPSA) is 68.0 Å². The van der Waals surface area contributed by atoms with Gasteiger partial charge in [-0.25, -0.2) is 0 Å². The largest absolute Gasteiger partial charge is 0.487 e. The molecule has 0 aliphatic carbocycles. The predicted octanol–water partition coefficient (Wildman–Crippen LogP) is 4.21. The number of aliphatic hydroxyl groups is 1. The Morgan fingerprint density at radius 2 is 1.67 bits per heavy atom. The second-order valence-electron chi connectivity index (χ2n) is 7.64. The molecule has 6 nitrogen and oxygen atoms in total. The molecule has 0 aliphatic heterocycles. The van der Waals surface area contributed by atoms with Crippen LogP contribution in [0.25, 0.3) is 0 Å². The van der Waals surface area contributed by atoms with Crippen LogP contribution in [-0.4, -0.2) is 40.5 Å². The maximum Gasteiger partial charge on any atom is 0.174 e. The number of ether oxygens (including phenoxy) is 2. The summed E-state index contributed by atoms with van der Waals surface area (Å²) in [6.07, 6.45) is -0.624. The Morgan fingerprint density at radius 1 is 1.00 bits per heavy atom. The first-order valence-corrected chi connectivity index (χ1v) is 10.2. The lowest BCUT2D eigenvalue weighted by molar-refractivity contribution is 0.0531. The summed E-state index contributed by atoms with van der Waals surface area (Å²) in [4.78, 5) is 2.23. The van der Waals surface area contributed by atoms with Crippen molar-refractivity contribution in [3.8, 4) is 11.5 Å². The second-order valence-corrected chi connectivity index (χ2v) is 7.64. The summed E-state index contributed by atoms with van der Waals surface area (Å²) in [5.41, 5.74) is 2.03. The lowest BCUT2D eigenvalue weighted by Crippen LogP contribution is -2.39. The van der Waals surface area contributed by atoms with Crippen molar-refractivity contribution in [1.29, 1.82) is 0 Å². The van der Waals surface area contributed by atoms with E-state index in [2.05, 4.69) is 36.0 Å². The molecule has 0 amide bonds. The Labute approximate surface area is 178 Å². The van der Waals surface area contributed by atoms with Gasteiger partial charge in [-0.2, -0.15) is 0 Å². The van der Waals surface area contributed by atoms with Crippen LogP contribution in [0.1, 0.15) is 30.9 Å². The third kappa shape index (κ3) is 6.61. The quantitative estimate of drug-likeness (QED) is 0.511. The van der Waals surface area contributed by atoms with Gasteiger partial charge in [-0.3, -0.25) is 4.90 Å². The van der Waals surface area contributed by atoms with E-state index in [1.165, 1.54) is 5.56 Å². The molecule has 6 heteroatoms. The molecule has 2 aromatic carbocycles. The number of aromatic nitrogens is 1. The molecule has 30 heavy (non-hydrogen) atoms. The molecule has 0 saturated carbocycles. The van der Waals surface area contributed by atoms with E-state index in [0.29, 0.717) is 29.8 Å². The lowest BCUT2D eigenvalue weighted by Gasteiger charge is -2.29. The summed E-state index contributed by atoms with van der Waals surface area (Å²) >= 11 is 0. The number of para-hydroxylation sites is 2. The maximum absolute atomic E-state index is 10.6. The monoisotopic (exact) mass is 410 g/mol. The molecule has 3 rings (SSSR count). The highest BCUT2D eigenvalue weighted by molar-refractivity contribution is 5.39. The summed E-state index contributed by atoms with van der Waals surface area (Å²) in [5, 5.41) is 14.4. The molecular formula is C24H30N2O4. The van der Waals surface area contributed by atoms with Gasteiger partial charge in [0.15, 0.2) is 17.3 Å². The molecule has 0 radical (unpaired) electrons. The van der Waals surface area contributed by atoms with Crippen LogP contribution in [0.15, 0.2) is 65.2 Å². The minimum Gasteiger partial charge on any atom is -0.487 e. The van der Waals surface area contributed by atoms with E-state index < -0.39 is 6.10 Å². The summed E-state index contributed by atoms with van der Waals surface area (Å²) in [5.74, 6) is 1.84. The molecule has 1 heterocycles. The first kappa shape index (κ1) is 21.9. The Balaban J connectivity index is 1.53. The third-order valence-electron chi connectivity index (χ3n) is 4.73. The molecule has 0 spiro atoms. The molecule has 0 saturated heterocycles. The Bertz CT molecular complexity index is 895. The van der Waals surface area contributed by atoms with E-state index in [1.807, 2.05) is 55.5 Å². The second kappa shape index (κ2) is 10.8. The molecule has 1 aromatic heterocycles. The first-order chi connectivity index (χ1) is 14.5. The summed E-state index contributed by atoms with van der Waals surface area (Å²) in [6, 6.07) is 19.8. The summed E-state index contributed by atoms with van der Waals surface area (Å²) < 4.78 is 16.9. The molecule has 3 aromatic rings. The molecule has 0 fully saturated rings. The number of aliphatic hydroxyl groups excluding tert-OH is 1. The molecule has 0 aliphatic rings. The minimum absolute atomic E-state index is 0.180. The van der Waals surface area contributed by atoms with E-state index >= 15 is 0 Å². The fraction of sp³-hybridized carbons (Fsp3) is 0.375. The van der Waals surface area contributed by atoms with Crippen molar-refractivity contribution in [3.05, 3.63) is 77.7 Å². The average molecular weight is 411 g/mol. The van der Waals surface area contributed by atoms with Crippen molar-refractivity contribution in [1.82, 2.24) is 10.1 Å². The molecule has 1 N–H and O–H groups in total. The number of hydrogen-bond acceptors (Lipinski definition) is 6. The van der Waals surface area contributed by atoms with Gasteiger partial charge in [-0.1, -0.05) is 47.6 Å². The number of benzene rings is 2. The summed E-state index contributed by atoms with van der Waals surface area (Å²) in [7, 11) is 0. The highest BCUT2D eigenvalue weighted by atomic mass is 16.5. The zero-order chi connectivity index (χ0) is 21.3. The van der Waals surface area contributed by atoms with Crippen molar-refractivity contribution in [2.24, 2.45) is 0 Å². The number of rotatable bonds is 11. The van der Waals surface area contributed by atoms with Gasteiger partial charge in [-0.05, 0) is 38.5 Å². The standard InChI is InChI=1S/C24H30N2O4/c1-18(2)26(14-20-9-5-4-6-10-20)15-21(27)16-28-23-11-7-8-12-24(23)29-17-22-13-19(3)25-30-22/h4-13,18,21,27H,14-17H2,1-3H3/t21-/m0/s1. The van der Waals surface area contributed by atoms with Crippen LogP contribution >= 0.6 is 0 Å². The number of aryl methyl sites for hydroxylation is 1. The van der Waals surface area contributed by atoms with Crippen LogP contribution in [-0.2, 0) is 13.2 Å². The Hall–Kier alpha value is -2.83. The van der Waals surface area contributed by atoms with Gasteiger partial charge < -0.3 is 19.1 Å². The SMILES string of the molecule is Cc1cc(COc2ccccc2OC[C@@H](O)CN(Cc2ccccc2)C(C)C)on1. The highest BCUT2D eigenvalue weighted by Crippen LogP contribution is 2.27. The Morgan fingerprint density at radius 3 is 2.30 bits per heavy atom. The van der Waals surface area contributed by atoms with Gasteiger partial charge in [0.1, 0.15) is 19.3 Å².